The molecule has 0 fully saturated rings. The number of anilines is 1. The molecule has 0 saturated heterocycles. The van der Waals surface area contributed by atoms with Crippen molar-refractivity contribution in [3.63, 3.8) is 0 Å². The Bertz CT molecular complexity index is 574. The first-order valence-electron chi connectivity index (χ1n) is 6.55. The molecule has 0 aliphatic heterocycles. The highest BCUT2D eigenvalue weighted by atomic mass is 16.5. The van der Waals surface area contributed by atoms with Gasteiger partial charge in [0, 0.05) is 11.8 Å². The third-order valence-electron chi connectivity index (χ3n) is 2.64. The molecule has 104 valence electrons. The van der Waals surface area contributed by atoms with Gasteiger partial charge in [-0.15, -0.1) is 0 Å². The van der Waals surface area contributed by atoms with Gasteiger partial charge in [-0.05, 0) is 56.7 Å². The molecule has 0 atom stereocenters. The van der Waals surface area contributed by atoms with Gasteiger partial charge in [0.15, 0.2) is 0 Å². The van der Waals surface area contributed by atoms with Crippen molar-refractivity contribution in [2.24, 2.45) is 0 Å². The van der Waals surface area contributed by atoms with Gasteiger partial charge in [-0.25, -0.2) is 4.98 Å². The molecule has 1 N–H and O–H groups in total. The number of hydrogen-bond donors (Lipinski definition) is 1. The number of benzene rings is 1. The summed E-state index contributed by atoms with van der Waals surface area (Å²) in [5.41, 5.74) is 1.63. The Morgan fingerprint density at radius 3 is 2.40 bits per heavy atom. The standard InChI is InChI=1S/C16H18N2O2/c1-11(2)20-14-7-5-13(6-8-14)16(19)18-15-9-4-12(3)10-17-15/h4-11H,1-3H3,(H,17,18,19). The fourth-order valence-corrected chi connectivity index (χ4v) is 1.69. The highest BCUT2D eigenvalue weighted by molar-refractivity contribution is 6.03. The maximum Gasteiger partial charge on any atom is 0.256 e. The van der Waals surface area contributed by atoms with Crippen LogP contribution in [0.3, 0.4) is 0 Å². The van der Waals surface area contributed by atoms with E-state index in [0.717, 1.165) is 11.3 Å². The summed E-state index contributed by atoms with van der Waals surface area (Å²) >= 11 is 0. The first kappa shape index (κ1) is 14.1. The minimum atomic E-state index is -0.183. The van der Waals surface area contributed by atoms with Crippen LogP contribution >= 0.6 is 0 Å². The van der Waals surface area contributed by atoms with Crippen molar-refractivity contribution in [2.45, 2.75) is 26.9 Å². The van der Waals surface area contributed by atoms with Crippen molar-refractivity contribution < 1.29 is 9.53 Å². The van der Waals surface area contributed by atoms with Gasteiger partial charge in [0.2, 0.25) is 0 Å². The third-order valence-corrected chi connectivity index (χ3v) is 2.64. The minimum Gasteiger partial charge on any atom is -0.491 e. The summed E-state index contributed by atoms with van der Waals surface area (Å²) in [4.78, 5) is 16.2. The fraction of sp³-hybridized carbons (Fsp3) is 0.250. The number of ether oxygens (including phenoxy) is 1. The fourth-order valence-electron chi connectivity index (χ4n) is 1.69. The number of nitrogens with one attached hydrogen (secondary N) is 1. The smallest absolute Gasteiger partial charge is 0.256 e. The monoisotopic (exact) mass is 270 g/mol. The van der Waals surface area contributed by atoms with Crippen molar-refractivity contribution in [3.8, 4) is 5.75 Å². The summed E-state index contributed by atoms with van der Waals surface area (Å²) in [6.07, 6.45) is 1.83. The van der Waals surface area contributed by atoms with E-state index in [-0.39, 0.29) is 12.0 Å². The molecule has 0 unspecified atom stereocenters. The van der Waals surface area contributed by atoms with E-state index in [2.05, 4.69) is 10.3 Å². The number of rotatable bonds is 4. The quantitative estimate of drug-likeness (QED) is 0.926. The van der Waals surface area contributed by atoms with Crippen LogP contribution in [0.25, 0.3) is 0 Å². The second kappa shape index (κ2) is 6.19. The minimum absolute atomic E-state index is 0.117. The van der Waals surface area contributed by atoms with E-state index in [1.54, 1.807) is 36.5 Å². The van der Waals surface area contributed by atoms with E-state index in [9.17, 15) is 4.79 Å². The molecule has 0 radical (unpaired) electrons. The molecule has 0 bridgehead atoms. The van der Waals surface area contributed by atoms with Crippen molar-refractivity contribution >= 4 is 11.7 Å². The molecule has 0 aliphatic rings. The predicted molar refractivity (Wildman–Crippen MR) is 79.1 cm³/mol. The summed E-state index contributed by atoms with van der Waals surface area (Å²) in [6.45, 7) is 5.87. The van der Waals surface area contributed by atoms with E-state index in [0.29, 0.717) is 11.4 Å². The number of carbonyl (C=O) groups excluding carboxylic acids is 1. The van der Waals surface area contributed by atoms with Gasteiger partial charge >= 0.3 is 0 Å². The van der Waals surface area contributed by atoms with Gasteiger partial charge < -0.3 is 10.1 Å². The molecule has 0 saturated carbocycles. The van der Waals surface area contributed by atoms with Crippen LogP contribution in [0, 0.1) is 6.92 Å². The van der Waals surface area contributed by atoms with Crippen LogP contribution in [0.4, 0.5) is 5.82 Å². The lowest BCUT2D eigenvalue weighted by Gasteiger charge is -2.10. The molecule has 1 heterocycles. The number of aryl methyl sites for hydroxylation is 1. The summed E-state index contributed by atoms with van der Waals surface area (Å²) in [7, 11) is 0. The molecule has 20 heavy (non-hydrogen) atoms. The first-order valence-corrected chi connectivity index (χ1v) is 6.55. The Balaban J connectivity index is 2.03. The molecule has 2 rings (SSSR count). The first-order chi connectivity index (χ1) is 9.54. The average molecular weight is 270 g/mol. The number of aromatic nitrogens is 1. The Hall–Kier alpha value is -2.36. The highest BCUT2D eigenvalue weighted by Gasteiger charge is 2.07. The van der Waals surface area contributed by atoms with Gasteiger partial charge in [0.05, 0.1) is 6.10 Å². The van der Waals surface area contributed by atoms with Gasteiger partial charge in [0.1, 0.15) is 11.6 Å². The predicted octanol–water partition coefficient (Wildman–Crippen LogP) is 3.43. The van der Waals surface area contributed by atoms with Crippen LogP contribution in [0.1, 0.15) is 29.8 Å². The summed E-state index contributed by atoms with van der Waals surface area (Å²) in [5, 5.41) is 2.75. The maximum absolute atomic E-state index is 12.0. The number of nitrogens with zero attached hydrogens (tertiary/aromatic N) is 1. The molecule has 1 aromatic heterocycles. The molecule has 0 aliphatic carbocycles. The number of hydrogen-bond acceptors (Lipinski definition) is 3. The Morgan fingerprint density at radius 2 is 1.85 bits per heavy atom. The Labute approximate surface area is 118 Å². The number of pyridine rings is 1. The normalized spacial score (nSPS) is 10.4. The highest BCUT2D eigenvalue weighted by Crippen LogP contribution is 2.15. The third kappa shape index (κ3) is 3.82. The van der Waals surface area contributed by atoms with Gasteiger partial charge in [0.25, 0.3) is 5.91 Å². The Kier molecular flexibility index (Phi) is 4.35. The zero-order valence-corrected chi connectivity index (χ0v) is 11.9. The van der Waals surface area contributed by atoms with E-state index in [1.807, 2.05) is 26.8 Å². The lowest BCUT2D eigenvalue weighted by Crippen LogP contribution is -2.13. The van der Waals surface area contributed by atoms with Crippen LogP contribution < -0.4 is 10.1 Å². The molecule has 4 nitrogen and oxygen atoms in total. The van der Waals surface area contributed by atoms with E-state index in [4.69, 9.17) is 4.74 Å². The zero-order valence-electron chi connectivity index (χ0n) is 11.9. The van der Waals surface area contributed by atoms with E-state index >= 15 is 0 Å². The molecular weight excluding hydrogens is 252 g/mol. The SMILES string of the molecule is Cc1ccc(NC(=O)c2ccc(OC(C)C)cc2)nc1. The average Bonchev–Trinajstić information content (AvgIpc) is 2.41. The molecule has 0 spiro atoms. The van der Waals surface area contributed by atoms with Gasteiger partial charge in [-0.3, -0.25) is 4.79 Å². The second-order valence-electron chi connectivity index (χ2n) is 4.87. The molecule has 4 heteroatoms. The zero-order chi connectivity index (χ0) is 14.5. The van der Waals surface area contributed by atoms with Crippen LogP contribution in [0.2, 0.25) is 0 Å². The van der Waals surface area contributed by atoms with Gasteiger partial charge in [-0.1, -0.05) is 6.07 Å². The Morgan fingerprint density at radius 1 is 1.15 bits per heavy atom. The maximum atomic E-state index is 12.0. The number of carbonyl (C=O) groups is 1. The van der Waals surface area contributed by atoms with E-state index < -0.39 is 0 Å². The molecular formula is C16H18N2O2. The van der Waals surface area contributed by atoms with Crippen LogP contribution in [0.5, 0.6) is 5.75 Å². The van der Waals surface area contributed by atoms with Gasteiger partial charge in [-0.2, -0.15) is 0 Å². The molecule has 2 aromatic rings. The van der Waals surface area contributed by atoms with E-state index in [1.165, 1.54) is 0 Å². The lowest BCUT2D eigenvalue weighted by atomic mass is 10.2. The van der Waals surface area contributed by atoms with Crippen LogP contribution in [-0.4, -0.2) is 17.0 Å². The summed E-state index contributed by atoms with van der Waals surface area (Å²) < 4.78 is 5.54. The van der Waals surface area contributed by atoms with Crippen LogP contribution in [0.15, 0.2) is 42.6 Å². The molecule has 1 amide bonds. The van der Waals surface area contributed by atoms with Crippen molar-refractivity contribution in [2.75, 3.05) is 5.32 Å². The topological polar surface area (TPSA) is 51.2 Å². The second-order valence-corrected chi connectivity index (χ2v) is 4.87. The van der Waals surface area contributed by atoms with Crippen molar-refractivity contribution in [1.29, 1.82) is 0 Å². The largest absolute Gasteiger partial charge is 0.491 e. The van der Waals surface area contributed by atoms with Crippen LogP contribution in [-0.2, 0) is 0 Å². The van der Waals surface area contributed by atoms with Crippen molar-refractivity contribution in [3.05, 3.63) is 53.7 Å². The molecule has 1 aromatic carbocycles. The summed E-state index contributed by atoms with van der Waals surface area (Å²) in [5.74, 6) is 1.12. The number of amides is 1. The lowest BCUT2D eigenvalue weighted by molar-refractivity contribution is 0.102. The van der Waals surface area contributed by atoms with Crippen molar-refractivity contribution in [1.82, 2.24) is 4.98 Å². The summed E-state index contributed by atoms with van der Waals surface area (Å²) in [6, 6.07) is 10.7.